The van der Waals surface area contributed by atoms with Crippen LogP contribution in [-0.4, -0.2) is 17.7 Å². The highest BCUT2D eigenvalue weighted by Crippen LogP contribution is 2.31. The highest BCUT2D eigenvalue weighted by atomic mass is 31.0. The van der Waals surface area contributed by atoms with E-state index in [0.717, 1.165) is 29.5 Å². The summed E-state index contributed by atoms with van der Waals surface area (Å²) in [5.41, 5.74) is 2.98. The normalized spacial score (nSPS) is 12.1. The van der Waals surface area contributed by atoms with Crippen LogP contribution in [-0.2, 0) is 4.79 Å². The maximum absolute atomic E-state index is 15.5. The Bertz CT molecular complexity index is 1310. The topological polar surface area (TPSA) is 46.5 Å². The zero-order valence-electron chi connectivity index (χ0n) is 20.8. The van der Waals surface area contributed by atoms with Gasteiger partial charge in [-0.25, -0.2) is 13.6 Å². The molecule has 0 fully saturated rings. The van der Waals surface area contributed by atoms with Crippen LogP contribution < -0.4 is 10.0 Å². The van der Waals surface area contributed by atoms with Crippen LogP contribution in [0.3, 0.4) is 0 Å². The smallest absolute Gasteiger partial charge is 0.336 e. The van der Waals surface area contributed by atoms with Gasteiger partial charge in [0.15, 0.2) is 0 Å². The van der Waals surface area contributed by atoms with Gasteiger partial charge in [-0.15, -0.1) is 9.24 Å². The molecule has 0 bridgehead atoms. The van der Waals surface area contributed by atoms with E-state index < -0.39 is 17.6 Å². The molecule has 0 aliphatic heterocycles. The number of rotatable bonds is 10. The fourth-order valence-corrected chi connectivity index (χ4v) is 4.33. The lowest BCUT2D eigenvalue weighted by molar-refractivity contribution is -0.130. The lowest BCUT2D eigenvalue weighted by Crippen LogP contribution is -2.05. The van der Waals surface area contributed by atoms with Crippen molar-refractivity contribution in [1.29, 1.82) is 0 Å². The van der Waals surface area contributed by atoms with Crippen molar-refractivity contribution in [2.45, 2.75) is 40.0 Å². The van der Waals surface area contributed by atoms with Crippen LogP contribution in [0, 0.1) is 18.6 Å². The van der Waals surface area contributed by atoms with Gasteiger partial charge in [-0.2, -0.15) is 0 Å². The third-order valence-corrected chi connectivity index (χ3v) is 6.28. The van der Waals surface area contributed by atoms with Crippen LogP contribution in [0.2, 0.25) is 0 Å². The van der Waals surface area contributed by atoms with Crippen LogP contribution in [0.15, 0.2) is 66.7 Å². The number of carboxylic acid groups (broad SMARTS) is 1. The molecule has 36 heavy (non-hydrogen) atoms. The first-order valence-electron chi connectivity index (χ1n) is 12.0. The summed E-state index contributed by atoms with van der Waals surface area (Å²) >= 11 is 0. The summed E-state index contributed by atoms with van der Waals surface area (Å²) in [7, 11) is 2.64. The van der Waals surface area contributed by atoms with Gasteiger partial charge in [-0.1, -0.05) is 44.5 Å². The van der Waals surface area contributed by atoms with Crippen molar-refractivity contribution >= 4 is 31.7 Å². The Kier molecular flexibility index (Phi) is 9.55. The van der Waals surface area contributed by atoms with Crippen LogP contribution in [0.1, 0.15) is 49.8 Å². The highest BCUT2D eigenvalue weighted by Gasteiger charge is 2.18. The van der Waals surface area contributed by atoms with Crippen LogP contribution >= 0.6 is 9.24 Å². The van der Waals surface area contributed by atoms with Crippen molar-refractivity contribution in [3.05, 3.63) is 95.1 Å². The second-order valence-corrected chi connectivity index (χ2v) is 9.16. The van der Waals surface area contributed by atoms with Crippen molar-refractivity contribution in [2.24, 2.45) is 0 Å². The van der Waals surface area contributed by atoms with E-state index in [1.54, 1.807) is 19.1 Å². The van der Waals surface area contributed by atoms with Crippen molar-refractivity contribution in [3.63, 3.8) is 0 Å². The SMILES string of the molecule is CC/C=C(/C=C(/C(=O)O)c1cc(F)ccc1C)c1cc(P)c(-c2cccc(OCCCC)c2)cc1F. The van der Waals surface area contributed by atoms with E-state index in [2.05, 4.69) is 16.2 Å². The Morgan fingerprint density at radius 3 is 2.53 bits per heavy atom. The number of unbranched alkanes of at least 4 members (excludes halogenated alkanes) is 1. The van der Waals surface area contributed by atoms with Gasteiger partial charge in [0.1, 0.15) is 17.4 Å². The van der Waals surface area contributed by atoms with Gasteiger partial charge in [0.05, 0.1) is 12.2 Å². The van der Waals surface area contributed by atoms with E-state index >= 15 is 4.39 Å². The third kappa shape index (κ3) is 6.67. The molecule has 188 valence electrons. The zero-order valence-corrected chi connectivity index (χ0v) is 21.9. The van der Waals surface area contributed by atoms with Crippen molar-refractivity contribution in [2.75, 3.05) is 6.61 Å². The summed E-state index contributed by atoms with van der Waals surface area (Å²) < 4.78 is 35.2. The second-order valence-electron chi connectivity index (χ2n) is 8.54. The number of hydrogen-bond donors (Lipinski definition) is 1. The monoisotopic (exact) mass is 508 g/mol. The molecule has 0 heterocycles. The van der Waals surface area contributed by atoms with E-state index in [-0.39, 0.29) is 16.7 Å². The summed E-state index contributed by atoms with van der Waals surface area (Å²) in [5, 5.41) is 10.7. The predicted molar refractivity (Wildman–Crippen MR) is 147 cm³/mol. The van der Waals surface area contributed by atoms with Gasteiger partial charge in [0.25, 0.3) is 0 Å². The first kappa shape index (κ1) is 27.3. The van der Waals surface area contributed by atoms with E-state index in [4.69, 9.17) is 4.74 Å². The summed E-state index contributed by atoms with van der Waals surface area (Å²) in [6, 6.07) is 14.7. The molecule has 1 atom stereocenters. The average Bonchev–Trinajstić information content (AvgIpc) is 2.85. The Morgan fingerprint density at radius 2 is 1.83 bits per heavy atom. The minimum atomic E-state index is -1.21. The molecule has 0 saturated heterocycles. The third-order valence-electron chi connectivity index (χ3n) is 5.81. The van der Waals surface area contributed by atoms with Crippen LogP contribution in [0.25, 0.3) is 22.3 Å². The molecule has 0 spiro atoms. The minimum Gasteiger partial charge on any atom is -0.494 e. The summed E-state index contributed by atoms with van der Waals surface area (Å²) in [6.45, 7) is 6.32. The summed E-state index contributed by atoms with van der Waals surface area (Å²) in [4.78, 5) is 12.1. The molecule has 1 unspecified atom stereocenters. The number of aliphatic carboxylic acids is 1. The number of hydrogen-bond acceptors (Lipinski definition) is 2. The summed E-state index contributed by atoms with van der Waals surface area (Å²) in [6.07, 6.45) is 5.73. The molecule has 3 rings (SSSR count). The first-order valence-corrected chi connectivity index (χ1v) is 12.6. The van der Waals surface area contributed by atoms with E-state index in [1.807, 2.05) is 31.2 Å². The van der Waals surface area contributed by atoms with Gasteiger partial charge in [-0.05, 0) is 95.4 Å². The van der Waals surface area contributed by atoms with Gasteiger partial charge in [0.2, 0.25) is 0 Å². The lowest BCUT2D eigenvalue weighted by atomic mass is 9.94. The molecule has 6 heteroatoms. The standard InChI is InChI=1S/C30H31F2O3P/c1-4-6-13-35-23-10-7-9-21(14-23)26-17-28(32)25(18-29(26)36)20(8-5-2)15-27(30(33)34)24-16-22(31)12-11-19(24)3/h7-12,14-18H,4-6,13,36H2,1-3H3,(H,33,34)/b20-8-,27-15+. The molecule has 3 aromatic carbocycles. The molecule has 0 aliphatic rings. The maximum Gasteiger partial charge on any atom is 0.336 e. The number of ether oxygens (including phenoxy) is 1. The Balaban J connectivity index is 2.06. The van der Waals surface area contributed by atoms with Crippen molar-refractivity contribution in [3.8, 4) is 16.9 Å². The fourth-order valence-electron chi connectivity index (χ4n) is 3.91. The number of benzene rings is 3. The Labute approximate surface area is 213 Å². The van der Waals surface area contributed by atoms with E-state index in [9.17, 15) is 14.3 Å². The molecule has 0 saturated carbocycles. The predicted octanol–water partition coefficient (Wildman–Crippen LogP) is 7.58. The quantitative estimate of drug-likeness (QED) is 0.133. The molecule has 1 N–H and O–H groups in total. The van der Waals surface area contributed by atoms with Crippen LogP contribution in [0.5, 0.6) is 5.75 Å². The van der Waals surface area contributed by atoms with Crippen molar-refractivity contribution < 1.29 is 23.4 Å². The maximum atomic E-state index is 15.5. The van der Waals surface area contributed by atoms with Gasteiger partial charge in [-0.3, -0.25) is 0 Å². The lowest BCUT2D eigenvalue weighted by Gasteiger charge is -2.14. The number of halogens is 2. The molecule has 3 aromatic rings. The van der Waals surface area contributed by atoms with Gasteiger partial charge >= 0.3 is 5.97 Å². The highest BCUT2D eigenvalue weighted by molar-refractivity contribution is 7.28. The Hall–Kier alpha value is -3.30. The zero-order chi connectivity index (χ0) is 26.2. The molecule has 0 radical (unpaired) electrons. The van der Waals surface area contributed by atoms with Crippen LogP contribution in [0.4, 0.5) is 8.78 Å². The molecule has 3 nitrogen and oxygen atoms in total. The molecule has 0 amide bonds. The first-order chi connectivity index (χ1) is 17.2. The fraction of sp³-hybridized carbons (Fsp3) is 0.233. The number of aryl methyl sites for hydroxylation is 1. The van der Waals surface area contributed by atoms with Crippen molar-refractivity contribution in [1.82, 2.24) is 0 Å². The molecular weight excluding hydrogens is 477 g/mol. The second kappa shape index (κ2) is 12.6. The molecule has 0 aromatic heterocycles. The van der Waals surface area contributed by atoms with Gasteiger partial charge < -0.3 is 9.84 Å². The molecule has 0 aliphatic carbocycles. The molecular formula is C30H31F2O3P. The van der Waals surface area contributed by atoms with Gasteiger partial charge in [0, 0.05) is 5.56 Å². The summed E-state index contributed by atoms with van der Waals surface area (Å²) in [5.74, 6) is -1.51. The van der Waals surface area contributed by atoms with E-state index in [0.29, 0.717) is 29.7 Å². The number of carboxylic acids is 1. The number of allylic oxidation sites excluding steroid dienone is 3. The Morgan fingerprint density at radius 1 is 1.06 bits per heavy atom. The number of carbonyl (C=O) groups is 1. The largest absolute Gasteiger partial charge is 0.494 e. The minimum absolute atomic E-state index is 0.0996. The van der Waals surface area contributed by atoms with E-state index in [1.165, 1.54) is 30.3 Å². The average molecular weight is 509 g/mol.